The lowest BCUT2D eigenvalue weighted by molar-refractivity contribution is -0.153. The van der Waals surface area contributed by atoms with Crippen LogP contribution in [-0.4, -0.2) is 56.3 Å². The number of methoxy groups -OCH3 is 1. The summed E-state index contributed by atoms with van der Waals surface area (Å²) in [5.41, 5.74) is 8.73. The van der Waals surface area contributed by atoms with Crippen molar-refractivity contribution in [1.82, 2.24) is 10.3 Å². The van der Waals surface area contributed by atoms with Gasteiger partial charge in [0.05, 0.1) is 13.7 Å². The summed E-state index contributed by atoms with van der Waals surface area (Å²) in [7, 11) is 1.58. The highest BCUT2D eigenvalue weighted by Crippen LogP contribution is 2.42. The summed E-state index contributed by atoms with van der Waals surface area (Å²) in [6.07, 6.45) is 1.25. The first-order valence-corrected chi connectivity index (χ1v) is 17.4. The number of carbonyl (C=O) groups is 1. The number of hydrogen-bond donors (Lipinski definition) is 1. The zero-order valence-corrected chi connectivity index (χ0v) is 30.3. The molecule has 5 rings (SSSR count). The molecular formula is C41H50N2O7. The van der Waals surface area contributed by atoms with Crippen LogP contribution in [0, 0.1) is 6.92 Å². The second kappa shape index (κ2) is 17.0. The second-order valence-electron chi connectivity index (χ2n) is 13.2. The smallest absolute Gasteiger partial charge is 0.320 e. The fourth-order valence-electron chi connectivity index (χ4n) is 6.29. The van der Waals surface area contributed by atoms with Gasteiger partial charge in [0, 0.05) is 31.4 Å². The Balaban J connectivity index is 1.27. The number of fused-ring (bicyclic) bond motifs is 1. The summed E-state index contributed by atoms with van der Waals surface area (Å²) in [5, 5.41) is 3.11. The van der Waals surface area contributed by atoms with Gasteiger partial charge in [0.25, 0.3) is 0 Å². The van der Waals surface area contributed by atoms with Gasteiger partial charge in [-0.3, -0.25) is 4.79 Å². The van der Waals surface area contributed by atoms with Crippen molar-refractivity contribution >= 4 is 5.97 Å². The summed E-state index contributed by atoms with van der Waals surface area (Å²) in [6.45, 7) is 13.6. The van der Waals surface area contributed by atoms with E-state index >= 15 is 0 Å². The zero-order valence-electron chi connectivity index (χ0n) is 30.3. The molecule has 4 aromatic rings. The maximum Gasteiger partial charge on any atom is 0.320 e. The number of carbonyl (C=O) groups excluding carboxylic acids is 1. The average Bonchev–Trinajstić information content (AvgIpc) is 3.50. The number of nitrogens with zero attached hydrogens (tertiary/aromatic N) is 1. The Bertz CT molecular complexity index is 1730. The molecule has 50 heavy (non-hydrogen) atoms. The minimum absolute atomic E-state index is 0.0919. The molecular weight excluding hydrogens is 632 g/mol. The van der Waals surface area contributed by atoms with Crippen LogP contribution in [0.25, 0.3) is 22.3 Å². The fraction of sp³-hybridized carbons (Fsp3) is 0.415. The molecule has 9 heteroatoms. The molecule has 0 fully saturated rings. The molecule has 0 saturated carbocycles. The molecule has 266 valence electrons. The number of aromatic nitrogens is 1. The van der Waals surface area contributed by atoms with Crippen LogP contribution >= 0.6 is 0 Å². The Hall–Kier alpha value is -4.44. The third-order valence-electron chi connectivity index (χ3n) is 8.47. The van der Waals surface area contributed by atoms with Gasteiger partial charge < -0.3 is 33.7 Å². The van der Waals surface area contributed by atoms with Crippen molar-refractivity contribution in [3.63, 3.8) is 0 Å². The highest BCUT2D eigenvalue weighted by molar-refractivity contribution is 5.80. The van der Waals surface area contributed by atoms with Gasteiger partial charge in [-0.2, -0.15) is 4.98 Å². The van der Waals surface area contributed by atoms with E-state index in [4.69, 9.17) is 28.4 Å². The Labute approximate surface area is 296 Å². The first-order valence-electron chi connectivity index (χ1n) is 17.4. The van der Waals surface area contributed by atoms with E-state index in [1.807, 2.05) is 58.9 Å². The molecule has 1 aliphatic carbocycles. The van der Waals surface area contributed by atoms with Gasteiger partial charge in [0.2, 0.25) is 11.8 Å². The molecule has 0 bridgehead atoms. The largest absolute Gasteiger partial charge is 0.488 e. The molecule has 9 nitrogen and oxygen atoms in total. The number of benzene rings is 3. The molecule has 0 spiro atoms. The van der Waals surface area contributed by atoms with Crippen molar-refractivity contribution < 1.29 is 33.2 Å². The summed E-state index contributed by atoms with van der Waals surface area (Å²) in [6, 6.07) is 24.9. The highest BCUT2D eigenvalue weighted by Gasteiger charge is 2.28. The topological polar surface area (TPSA) is 97.4 Å². The molecule has 0 saturated heterocycles. The van der Waals surface area contributed by atoms with Crippen LogP contribution in [0.15, 0.2) is 72.8 Å². The van der Waals surface area contributed by atoms with E-state index in [0.717, 1.165) is 29.7 Å². The maximum absolute atomic E-state index is 12.1. The Morgan fingerprint density at radius 2 is 1.62 bits per heavy atom. The number of ether oxygens (including phenoxy) is 6. The Morgan fingerprint density at radius 3 is 2.32 bits per heavy atom. The number of rotatable bonds is 16. The fourth-order valence-corrected chi connectivity index (χ4v) is 6.29. The van der Waals surface area contributed by atoms with Crippen LogP contribution in [0.5, 0.6) is 17.5 Å². The molecule has 1 aromatic heterocycles. The van der Waals surface area contributed by atoms with Gasteiger partial charge in [-0.25, -0.2) is 0 Å². The van der Waals surface area contributed by atoms with E-state index < -0.39 is 5.60 Å². The Kier molecular flexibility index (Phi) is 12.5. The minimum Gasteiger partial charge on any atom is -0.488 e. The average molecular weight is 683 g/mol. The predicted molar refractivity (Wildman–Crippen MR) is 195 cm³/mol. The third-order valence-corrected chi connectivity index (χ3v) is 8.47. The van der Waals surface area contributed by atoms with Crippen molar-refractivity contribution in [2.45, 2.75) is 78.9 Å². The molecule has 3 aromatic carbocycles. The summed E-state index contributed by atoms with van der Waals surface area (Å²) < 4.78 is 34.6. The molecule has 0 unspecified atom stereocenters. The predicted octanol–water partition coefficient (Wildman–Crippen LogP) is 8.01. The number of hydrogen-bond acceptors (Lipinski definition) is 9. The first-order chi connectivity index (χ1) is 24.1. The standard InChI is InChI=1S/C41H50N2O7/c1-8-46-39(47-9-2)26-48-30-19-16-28(17-20-30)31-12-10-13-32(27(31)3)33-14-11-15-35-34(33)21-22-36(35)49-37-23-18-29(40(43-37)45-7)24-42-25-38(44)50-41(4,5)6/h10-20,23,36,39,42H,8-9,21-22,24-26H2,1-7H3/t36-/m0/s1. The lowest BCUT2D eigenvalue weighted by Crippen LogP contribution is -2.31. The lowest BCUT2D eigenvalue weighted by Gasteiger charge is -2.20. The van der Waals surface area contributed by atoms with Gasteiger partial charge in [-0.1, -0.05) is 48.5 Å². The van der Waals surface area contributed by atoms with E-state index in [2.05, 4.69) is 65.8 Å². The third kappa shape index (κ3) is 9.41. The number of pyridine rings is 1. The Morgan fingerprint density at radius 1 is 0.920 bits per heavy atom. The van der Waals surface area contributed by atoms with Crippen LogP contribution in [0.4, 0.5) is 0 Å². The normalized spacial score (nSPS) is 14.0. The van der Waals surface area contributed by atoms with Crippen molar-refractivity contribution in [3.05, 3.63) is 95.1 Å². The van der Waals surface area contributed by atoms with Crippen LogP contribution in [0.2, 0.25) is 0 Å². The van der Waals surface area contributed by atoms with E-state index in [1.165, 1.54) is 33.4 Å². The van der Waals surface area contributed by atoms with Crippen molar-refractivity contribution in [1.29, 1.82) is 0 Å². The van der Waals surface area contributed by atoms with Gasteiger partial charge >= 0.3 is 5.97 Å². The highest BCUT2D eigenvalue weighted by atomic mass is 16.7. The molecule has 0 aliphatic heterocycles. The molecule has 0 amide bonds. The quantitative estimate of drug-likeness (QED) is 0.0931. The summed E-state index contributed by atoms with van der Waals surface area (Å²) >= 11 is 0. The maximum atomic E-state index is 12.1. The first kappa shape index (κ1) is 36.8. The van der Waals surface area contributed by atoms with Gasteiger partial charge in [-0.15, -0.1) is 0 Å². The number of esters is 1. The molecule has 1 aliphatic rings. The van der Waals surface area contributed by atoms with Crippen molar-refractivity contribution in [2.75, 3.05) is 33.5 Å². The van der Waals surface area contributed by atoms with Crippen LogP contribution in [0.3, 0.4) is 0 Å². The van der Waals surface area contributed by atoms with E-state index in [9.17, 15) is 4.79 Å². The van der Waals surface area contributed by atoms with E-state index in [1.54, 1.807) is 7.11 Å². The van der Waals surface area contributed by atoms with Crippen molar-refractivity contribution in [2.24, 2.45) is 0 Å². The molecule has 1 N–H and O–H groups in total. The van der Waals surface area contributed by atoms with Crippen molar-refractivity contribution in [3.8, 4) is 39.8 Å². The molecule has 0 radical (unpaired) electrons. The lowest BCUT2D eigenvalue weighted by atomic mass is 9.89. The number of nitrogens with one attached hydrogen (secondary N) is 1. The summed E-state index contributed by atoms with van der Waals surface area (Å²) in [4.78, 5) is 16.7. The van der Waals surface area contributed by atoms with Crippen LogP contribution in [-0.2, 0) is 32.0 Å². The molecule has 1 atom stereocenters. The second-order valence-corrected chi connectivity index (χ2v) is 13.2. The zero-order chi connectivity index (χ0) is 35.7. The van der Waals surface area contributed by atoms with Crippen LogP contribution < -0.4 is 19.5 Å². The van der Waals surface area contributed by atoms with Gasteiger partial charge in [-0.05, 0) is 112 Å². The SMILES string of the molecule is CCOC(COc1ccc(-c2cccc(-c3cccc4c3CC[C@@H]4Oc3ccc(CNCC(=O)OC(C)(C)C)c(OC)n3)c2C)cc1)OCC. The summed E-state index contributed by atoms with van der Waals surface area (Å²) in [5.74, 6) is 1.42. The minimum atomic E-state index is -0.526. The van der Waals surface area contributed by atoms with E-state index in [0.29, 0.717) is 38.1 Å². The molecule has 1 heterocycles. The monoisotopic (exact) mass is 682 g/mol. The van der Waals surface area contributed by atoms with E-state index in [-0.39, 0.29) is 24.9 Å². The van der Waals surface area contributed by atoms with Gasteiger partial charge in [0.15, 0.2) is 6.29 Å². The van der Waals surface area contributed by atoms with Gasteiger partial charge in [0.1, 0.15) is 24.1 Å². The van der Waals surface area contributed by atoms with Crippen LogP contribution in [0.1, 0.15) is 69.4 Å².